The summed E-state index contributed by atoms with van der Waals surface area (Å²) in [7, 11) is 1.30. The maximum Gasteiger partial charge on any atom is 0.335 e. The molecular weight excluding hydrogens is 676 g/mol. The zero-order valence-electron chi connectivity index (χ0n) is 29.8. The first kappa shape index (κ1) is 38.2. The monoisotopic (exact) mass is 722 g/mol. The van der Waals surface area contributed by atoms with Crippen LogP contribution in [0, 0.1) is 22.7 Å². The lowest BCUT2D eigenvalue weighted by Gasteiger charge is -2.56. The highest BCUT2D eigenvalue weighted by atomic mass is 16.7. The van der Waals surface area contributed by atoms with Crippen LogP contribution in [-0.4, -0.2) is 99.1 Å². The third kappa shape index (κ3) is 7.77. The summed E-state index contributed by atoms with van der Waals surface area (Å²) in [4.78, 5) is 74.9. The van der Waals surface area contributed by atoms with Gasteiger partial charge in [0.2, 0.25) is 0 Å². The normalized spacial score (nSPS) is 37.0. The highest BCUT2D eigenvalue weighted by Gasteiger charge is 2.70. The summed E-state index contributed by atoms with van der Waals surface area (Å²) in [6.07, 6.45) is -3.78. The molecule has 12 atom stereocenters. The molecule has 1 saturated carbocycles. The minimum absolute atomic E-state index is 0.0177. The minimum atomic E-state index is -1.37. The van der Waals surface area contributed by atoms with Crippen LogP contribution in [0.1, 0.15) is 78.9 Å². The maximum atomic E-state index is 13.7. The fraction of sp³-hybridized carbons (Fsp3) is 0.714. The van der Waals surface area contributed by atoms with Crippen molar-refractivity contribution in [2.45, 2.75) is 116 Å². The largest absolute Gasteiger partial charge is 0.472 e. The number of esters is 6. The van der Waals surface area contributed by atoms with E-state index in [1.165, 1.54) is 20.3 Å². The van der Waals surface area contributed by atoms with Gasteiger partial charge in [-0.2, -0.15) is 0 Å². The van der Waals surface area contributed by atoms with Gasteiger partial charge in [0.05, 0.1) is 31.7 Å². The summed E-state index contributed by atoms with van der Waals surface area (Å²) in [5.74, 6) is -4.73. The Kier molecular flexibility index (Phi) is 11.5. The molecule has 16 nitrogen and oxygen atoms in total. The minimum Gasteiger partial charge on any atom is -0.472 e. The predicted octanol–water partition coefficient (Wildman–Crippen LogP) is 2.74. The number of methoxy groups -OCH3 is 1. The van der Waals surface area contributed by atoms with E-state index < -0.39 is 102 Å². The van der Waals surface area contributed by atoms with E-state index in [-0.39, 0.29) is 19.1 Å². The number of carbonyl (C=O) groups is 6. The first-order valence-electron chi connectivity index (χ1n) is 17.0. The van der Waals surface area contributed by atoms with Gasteiger partial charge in [0.15, 0.2) is 30.7 Å². The van der Waals surface area contributed by atoms with Gasteiger partial charge in [0, 0.05) is 45.3 Å². The number of carbonyl (C=O) groups excluding carboxylic acids is 6. The van der Waals surface area contributed by atoms with Gasteiger partial charge < -0.3 is 47.0 Å². The number of rotatable bonds is 12. The van der Waals surface area contributed by atoms with E-state index in [4.69, 9.17) is 47.0 Å². The van der Waals surface area contributed by atoms with Crippen LogP contribution in [0.5, 0.6) is 0 Å². The molecule has 3 saturated heterocycles. The molecule has 282 valence electrons. The van der Waals surface area contributed by atoms with E-state index in [0.29, 0.717) is 25.7 Å². The molecule has 51 heavy (non-hydrogen) atoms. The molecule has 3 aliphatic heterocycles. The number of furan rings is 1. The average molecular weight is 723 g/mol. The second-order valence-corrected chi connectivity index (χ2v) is 14.1. The number of cyclic esters (lactones) is 1. The molecule has 1 aliphatic carbocycles. The molecule has 4 aliphatic rings. The van der Waals surface area contributed by atoms with Crippen molar-refractivity contribution in [3.05, 3.63) is 24.2 Å². The lowest BCUT2D eigenvalue weighted by Crippen LogP contribution is -2.63. The molecule has 4 fully saturated rings. The number of fused-ring (bicyclic) bond motifs is 4. The summed E-state index contributed by atoms with van der Waals surface area (Å²) in [6, 6.07) is 1.75. The Balaban J connectivity index is 1.40. The van der Waals surface area contributed by atoms with Gasteiger partial charge in [0.25, 0.3) is 0 Å². The van der Waals surface area contributed by atoms with Crippen molar-refractivity contribution in [2.24, 2.45) is 22.7 Å². The fourth-order valence-electron chi connectivity index (χ4n) is 8.73. The summed E-state index contributed by atoms with van der Waals surface area (Å²) >= 11 is 0. The first-order chi connectivity index (χ1) is 24.1. The zero-order chi connectivity index (χ0) is 37.2. The van der Waals surface area contributed by atoms with Crippen molar-refractivity contribution in [1.29, 1.82) is 0 Å². The second kappa shape index (κ2) is 15.3. The summed E-state index contributed by atoms with van der Waals surface area (Å²) in [5, 5.41) is 0. The van der Waals surface area contributed by atoms with Gasteiger partial charge >= 0.3 is 35.8 Å². The Labute approximate surface area is 295 Å². The molecule has 2 bridgehead atoms. The Morgan fingerprint density at radius 2 is 1.53 bits per heavy atom. The lowest BCUT2D eigenvalue weighted by molar-refractivity contribution is -0.308. The molecule has 0 amide bonds. The SMILES string of the molecule is COC(=O)[C@H]1O[C@H]2C[C@]1(C)[C@@H](CCCO[C@@H]1O[C@H](COC(C)=O)[C@@H](OC(C)=O)[C@H](OC(C)=O)[C@H]1OC(C)=O)[C@]1(C)C[C@@H](c3ccoc3)OC(=O)[C@H]21. The Morgan fingerprint density at radius 1 is 0.863 bits per heavy atom. The summed E-state index contributed by atoms with van der Waals surface area (Å²) in [6.45, 7) is 8.25. The maximum absolute atomic E-state index is 13.7. The van der Waals surface area contributed by atoms with E-state index in [9.17, 15) is 28.8 Å². The molecule has 1 aromatic heterocycles. The van der Waals surface area contributed by atoms with Crippen LogP contribution in [0.4, 0.5) is 0 Å². The smallest absolute Gasteiger partial charge is 0.335 e. The van der Waals surface area contributed by atoms with Crippen LogP contribution < -0.4 is 0 Å². The zero-order valence-corrected chi connectivity index (χ0v) is 29.8. The molecule has 5 rings (SSSR count). The molecule has 16 heteroatoms. The van der Waals surface area contributed by atoms with E-state index >= 15 is 0 Å². The van der Waals surface area contributed by atoms with Crippen molar-refractivity contribution in [3.63, 3.8) is 0 Å². The summed E-state index contributed by atoms with van der Waals surface area (Å²) < 4.78 is 56.4. The third-order valence-electron chi connectivity index (χ3n) is 10.6. The molecule has 0 radical (unpaired) electrons. The predicted molar refractivity (Wildman–Crippen MR) is 168 cm³/mol. The number of hydrogen-bond donors (Lipinski definition) is 0. The van der Waals surface area contributed by atoms with Crippen LogP contribution in [0.2, 0.25) is 0 Å². The van der Waals surface area contributed by atoms with Gasteiger partial charge in [-0.3, -0.25) is 24.0 Å². The van der Waals surface area contributed by atoms with Gasteiger partial charge in [-0.25, -0.2) is 4.79 Å². The van der Waals surface area contributed by atoms with Gasteiger partial charge in [-0.15, -0.1) is 0 Å². The average Bonchev–Trinajstić information content (AvgIpc) is 3.68. The molecule has 1 aromatic rings. The van der Waals surface area contributed by atoms with Crippen LogP contribution in [0.3, 0.4) is 0 Å². The van der Waals surface area contributed by atoms with Gasteiger partial charge in [-0.1, -0.05) is 13.8 Å². The van der Waals surface area contributed by atoms with E-state index in [1.807, 2.05) is 13.8 Å². The highest BCUT2D eigenvalue weighted by Crippen LogP contribution is 2.66. The molecular formula is C35H46O16. The Hall–Kier alpha value is -4.02. The third-order valence-corrected chi connectivity index (χ3v) is 10.6. The van der Waals surface area contributed by atoms with Crippen LogP contribution in [0.15, 0.2) is 23.0 Å². The van der Waals surface area contributed by atoms with Crippen LogP contribution >= 0.6 is 0 Å². The van der Waals surface area contributed by atoms with Crippen molar-refractivity contribution in [2.75, 3.05) is 20.3 Å². The second-order valence-electron chi connectivity index (χ2n) is 14.1. The first-order valence-corrected chi connectivity index (χ1v) is 17.0. The number of ether oxygens (including phenoxy) is 9. The Morgan fingerprint density at radius 3 is 2.14 bits per heavy atom. The standard InChI is InChI=1S/C35H46O16/c1-17(36)45-16-24-27(46-18(2)37)28(47-19(3)38)29(48-20(4)39)33(51-24)44-11-8-9-25-34(5)13-22(21-10-12-43-15-21)50-31(40)26(34)23-14-35(25,6)30(49-23)32(41)42-7/h10,12,15,22-30,33H,8-9,11,13-14,16H2,1-7H3/t22-,23-,24+,25-,26-,27+,28-,29+,30+,33+,34-,35+/m0/s1. The Bertz CT molecular complexity index is 1470. The van der Waals surface area contributed by atoms with E-state index in [1.54, 1.807) is 12.3 Å². The number of hydrogen-bond acceptors (Lipinski definition) is 16. The lowest BCUT2D eigenvalue weighted by atomic mass is 9.48. The molecule has 0 spiro atoms. The molecule has 0 N–H and O–H groups in total. The van der Waals surface area contributed by atoms with Crippen molar-refractivity contribution in [1.82, 2.24) is 0 Å². The molecule has 4 heterocycles. The van der Waals surface area contributed by atoms with Crippen molar-refractivity contribution < 1.29 is 75.8 Å². The van der Waals surface area contributed by atoms with Gasteiger partial charge in [-0.05, 0) is 43.1 Å². The van der Waals surface area contributed by atoms with Crippen molar-refractivity contribution in [3.8, 4) is 0 Å². The van der Waals surface area contributed by atoms with Crippen LogP contribution in [0.25, 0.3) is 0 Å². The molecule has 0 unspecified atom stereocenters. The fourth-order valence-corrected chi connectivity index (χ4v) is 8.73. The van der Waals surface area contributed by atoms with E-state index in [2.05, 4.69) is 0 Å². The van der Waals surface area contributed by atoms with Crippen molar-refractivity contribution >= 4 is 35.8 Å². The van der Waals surface area contributed by atoms with Gasteiger partial charge in [0.1, 0.15) is 18.8 Å². The van der Waals surface area contributed by atoms with Crippen LogP contribution in [-0.2, 0) is 71.4 Å². The molecule has 0 aromatic carbocycles. The highest BCUT2D eigenvalue weighted by molar-refractivity contribution is 5.79. The quantitative estimate of drug-likeness (QED) is 0.173. The topological polar surface area (TPSA) is 199 Å². The van der Waals surface area contributed by atoms with E-state index in [0.717, 1.165) is 26.3 Å². The summed E-state index contributed by atoms with van der Waals surface area (Å²) in [5.41, 5.74) is -0.662.